The Hall–Kier alpha value is -1.49. The second kappa shape index (κ2) is 6.17. The first kappa shape index (κ1) is 12.6. The van der Waals surface area contributed by atoms with Crippen LogP contribution in [0.5, 0.6) is 0 Å². The van der Waals surface area contributed by atoms with Crippen molar-refractivity contribution in [3.63, 3.8) is 0 Å². The Morgan fingerprint density at radius 1 is 1.50 bits per heavy atom. The lowest BCUT2D eigenvalue weighted by Crippen LogP contribution is -2.42. The van der Waals surface area contributed by atoms with E-state index in [1.54, 1.807) is 6.08 Å². The first-order chi connectivity index (χ1) is 7.72. The molecule has 1 aliphatic rings. The van der Waals surface area contributed by atoms with Crippen LogP contribution in [0.3, 0.4) is 0 Å². The molecule has 16 heavy (non-hydrogen) atoms. The average molecular weight is 226 g/mol. The van der Waals surface area contributed by atoms with Gasteiger partial charge in [0, 0.05) is 32.6 Å². The molecular weight excluding hydrogens is 208 g/mol. The maximum atomic E-state index is 11.4. The van der Waals surface area contributed by atoms with E-state index in [0.29, 0.717) is 6.54 Å². The Bertz CT molecular complexity index is 278. The summed E-state index contributed by atoms with van der Waals surface area (Å²) < 4.78 is 10.0. The third-order valence-electron chi connectivity index (χ3n) is 2.22. The number of esters is 1. The van der Waals surface area contributed by atoms with Crippen molar-refractivity contribution in [2.45, 2.75) is 13.3 Å². The summed E-state index contributed by atoms with van der Waals surface area (Å²) in [7, 11) is 1.47. The van der Waals surface area contributed by atoms with Gasteiger partial charge in [0.15, 0.2) is 0 Å². The van der Waals surface area contributed by atoms with Crippen molar-refractivity contribution < 1.29 is 14.3 Å². The summed E-state index contributed by atoms with van der Waals surface area (Å²) in [4.78, 5) is 15.2. The van der Waals surface area contributed by atoms with Crippen LogP contribution in [0, 0.1) is 0 Å². The second-order valence-electron chi connectivity index (χ2n) is 3.36. The van der Waals surface area contributed by atoms with E-state index in [9.17, 15) is 4.79 Å². The topological polar surface area (TPSA) is 42.0 Å². The molecule has 0 aromatic heterocycles. The number of rotatable bonds is 6. The van der Waals surface area contributed by atoms with Crippen LogP contribution in [-0.4, -0.2) is 48.9 Å². The predicted octanol–water partition coefficient (Wildman–Crippen LogP) is 0.754. The van der Waals surface area contributed by atoms with Gasteiger partial charge in [-0.05, 0) is 6.92 Å². The van der Waals surface area contributed by atoms with Crippen LogP contribution in [0.15, 0.2) is 25.1 Å². The Kier molecular flexibility index (Phi) is 4.85. The minimum atomic E-state index is -0.384. The zero-order chi connectivity index (χ0) is 12.0. The maximum Gasteiger partial charge on any atom is 0.335 e. The molecule has 0 bridgehead atoms. The molecule has 0 N–H and O–H groups in total. The molecule has 1 heterocycles. The minimum absolute atomic E-state index is 0.0318. The SMILES string of the molecule is C=CCN1C=CN(CC)C1OC(=O)COC. The van der Waals surface area contributed by atoms with Crippen molar-refractivity contribution in [2.24, 2.45) is 0 Å². The van der Waals surface area contributed by atoms with Gasteiger partial charge < -0.3 is 19.3 Å². The monoisotopic (exact) mass is 226 g/mol. The average Bonchev–Trinajstić information content (AvgIpc) is 2.62. The van der Waals surface area contributed by atoms with Gasteiger partial charge in [-0.15, -0.1) is 6.58 Å². The van der Waals surface area contributed by atoms with Gasteiger partial charge in [0.2, 0.25) is 0 Å². The standard InChI is InChI=1S/C11H18N2O3/c1-4-6-13-8-7-12(5-2)11(13)16-10(14)9-15-3/h4,7-8,11H,1,5-6,9H2,2-3H3. The molecule has 0 saturated heterocycles. The normalized spacial score (nSPS) is 19.0. The van der Waals surface area contributed by atoms with Gasteiger partial charge in [-0.25, -0.2) is 4.79 Å². The molecule has 0 aliphatic carbocycles. The predicted molar refractivity (Wildman–Crippen MR) is 60.2 cm³/mol. The Morgan fingerprint density at radius 2 is 2.19 bits per heavy atom. The minimum Gasteiger partial charge on any atom is -0.421 e. The van der Waals surface area contributed by atoms with Crippen molar-refractivity contribution >= 4 is 5.97 Å². The third kappa shape index (κ3) is 3.00. The van der Waals surface area contributed by atoms with Crippen molar-refractivity contribution in [1.82, 2.24) is 9.80 Å². The van der Waals surface area contributed by atoms with Crippen molar-refractivity contribution in [3.8, 4) is 0 Å². The van der Waals surface area contributed by atoms with Crippen molar-refractivity contribution in [1.29, 1.82) is 0 Å². The van der Waals surface area contributed by atoms with Crippen LogP contribution >= 0.6 is 0 Å². The fraction of sp³-hybridized carbons (Fsp3) is 0.545. The lowest BCUT2D eigenvalue weighted by Gasteiger charge is -2.30. The van der Waals surface area contributed by atoms with Gasteiger partial charge in [0.25, 0.3) is 6.35 Å². The van der Waals surface area contributed by atoms with E-state index in [1.807, 2.05) is 29.1 Å². The summed E-state index contributed by atoms with van der Waals surface area (Å²) in [5.41, 5.74) is 0. The molecule has 0 radical (unpaired) electrons. The van der Waals surface area contributed by atoms with Gasteiger partial charge in [-0.2, -0.15) is 0 Å². The van der Waals surface area contributed by atoms with E-state index in [2.05, 4.69) is 6.58 Å². The van der Waals surface area contributed by atoms with E-state index < -0.39 is 0 Å². The molecule has 0 amide bonds. The van der Waals surface area contributed by atoms with E-state index in [4.69, 9.17) is 9.47 Å². The van der Waals surface area contributed by atoms with Crippen molar-refractivity contribution in [3.05, 3.63) is 25.1 Å². The summed E-state index contributed by atoms with van der Waals surface area (Å²) in [5.74, 6) is -0.372. The number of ether oxygens (including phenoxy) is 2. The lowest BCUT2D eigenvalue weighted by atomic mass is 10.5. The molecule has 0 fully saturated rings. The van der Waals surface area contributed by atoms with Crippen LogP contribution in [-0.2, 0) is 14.3 Å². The highest BCUT2D eigenvalue weighted by Crippen LogP contribution is 2.16. The van der Waals surface area contributed by atoms with E-state index in [1.165, 1.54) is 7.11 Å². The largest absolute Gasteiger partial charge is 0.421 e. The molecule has 1 unspecified atom stereocenters. The summed E-state index contributed by atoms with van der Waals surface area (Å²) in [6.45, 7) is 7.04. The Balaban J connectivity index is 2.57. The highest BCUT2D eigenvalue weighted by atomic mass is 16.6. The van der Waals surface area contributed by atoms with Gasteiger partial charge in [-0.3, -0.25) is 0 Å². The highest BCUT2D eigenvalue weighted by Gasteiger charge is 2.27. The fourth-order valence-corrected chi connectivity index (χ4v) is 1.48. The molecular formula is C11H18N2O3. The molecule has 1 atom stereocenters. The van der Waals surface area contributed by atoms with Gasteiger partial charge in [-0.1, -0.05) is 6.08 Å². The molecule has 1 aliphatic heterocycles. The molecule has 5 heteroatoms. The first-order valence-corrected chi connectivity index (χ1v) is 5.22. The maximum absolute atomic E-state index is 11.4. The van der Waals surface area contributed by atoms with Crippen LogP contribution in [0.2, 0.25) is 0 Å². The number of carbonyl (C=O) groups excluding carboxylic acids is 1. The quantitative estimate of drug-likeness (QED) is 0.494. The molecule has 90 valence electrons. The van der Waals surface area contributed by atoms with Gasteiger partial charge in [0.1, 0.15) is 6.61 Å². The van der Waals surface area contributed by atoms with E-state index in [-0.39, 0.29) is 18.9 Å². The van der Waals surface area contributed by atoms with Crippen LogP contribution in [0.4, 0.5) is 0 Å². The van der Waals surface area contributed by atoms with Crippen LogP contribution < -0.4 is 0 Å². The molecule has 0 aromatic rings. The zero-order valence-electron chi connectivity index (χ0n) is 9.76. The van der Waals surface area contributed by atoms with E-state index in [0.717, 1.165) is 6.54 Å². The fourth-order valence-electron chi connectivity index (χ4n) is 1.48. The molecule has 5 nitrogen and oxygen atoms in total. The van der Waals surface area contributed by atoms with Gasteiger partial charge in [0.05, 0.1) is 0 Å². The number of carbonyl (C=O) groups is 1. The van der Waals surface area contributed by atoms with Crippen LogP contribution in [0.25, 0.3) is 0 Å². The first-order valence-electron chi connectivity index (χ1n) is 5.22. The smallest absolute Gasteiger partial charge is 0.335 e. The van der Waals surface area contributed by atoms with Crippen LogP contribution in [0.1, 0.15) is 6.92 Å². The summed E-state index contributed by atoms with van der Waals surface area (Å²) in [5, 5.41) is 0. The lowest BCUT2D eigenvalue weighted by molar-refractivity contribution is -0.171. The molecule has 0 saturated carbocycles. The number of methoxy groups -OCH3 is 1. The number of hydrogen-bond donors (Lipinski definition) is 0. The highest BCUT2D eigenvalue weighted by molar-refractivity contribution is 5.70. The van der Waals surface area contributed by atoms with E-state index >= 15 is 0 Å². The Morgan fingerprint density at radius 3 is 2.75 bits per heavy atom. The van der Waals surface area contributed by atoms with Gasteiger partial charge >= 0.3 is 5.97 Å². The summed E-state index contributed by atoms with van der Waals surface area (Å²) in [6.07, 6.45) is 5.16. The summed E-state index contributed by atoms with van der Waals surface area (Å²) >= 11 is 0. The summed E-state index contributed by atoms with van der Waals surface area (Å²) in [6, 6.07) is 0. The molecule has 1 rings (SSSR count). The number of nitrogens with zero attached hydrogens (tertiary/aromatic N) is 2. The molecule has 0 aromatic carbocycles. The van der Waals surface area contributed by atoms with Crippen molar-refractivity contribution in [2.75, 3.05) is 26.8 Å². The second-order valence-corrected chi connectivity index (χ2v) is 3.36. The third-order valence-corrected chi connectivity index (χ3v) is 2.22. The Labute approximate surface area is 95.9 Å². The number of hydrogen-bond acceptors (Lipinski definition) is 5. The molecule has 0 spiro atoms. The zero-order valence-corrected chi connectivity index (χ0v) is 9.76.